The zero-order valence-corrected chi connectivity index (χ0v) is 5.87. The molecule has 0 aromatic heterocycles. The van der Waals surface area contributed by atoms with Crippen LogP contribution in [0.3, 0.4) is 0 Å². The molecule has 0 N–H and O–H groups in total. The lowest BCUT2D eigenvalue weighted by atomic mass is 10.1. The van der Waals surface area contributed by atoms with Gasteiger partial charge in [-0.3, -0.25) is 0 Å². The molecular weight excluding hydrogens is 127 g/mol. The second kappa shape index (κ2) is 3.08. The van der Waals surface area contributed by atoms with Crippen LogP contribution < -0.4 is 0 Å². The highest BCUT2D eigenvalue weighted by atomic mass is 35.5. The maximum atomic E-state index is 12.0. The maximum Gasteiger partial charge on any atom is 0.194 e. The Morgan fingerprint density at radius 1 is 1.62 bits per heavy atom. The molecule has 0 spiro atoms. The van der Waals surface area contributed by atoms with Crippen LogP contribution in [-0.4, -0.2) is 5.63 Å². The van der Waals surface area contributed by atoms with Gasteiger partial charge in [0.15, 0.2) is 5.63 Å². The number of hydrogen-bond acceptors (Lipinski definition) is 0. The van der Waals surface area contributed by atoms with Crippen molar-refractivity contribution < 1.29 is 4.39 Å². The molecule has 0 nitrogen and oxygen atoms in total. The molecule has 0 rings (SSSR count). The van der Waals surface area contributed by atoms with Crippen LogP contribution in [-0.2, 0) is 0 Å². The van der Waals surface area contributed by atoms with Gasteiger partial charge in [-0.1, -0.05) is 32.0 Å². The SMILES string of the molecule is C=C(C(C)C)C(F)Cl. The molecule has 1 atom stereocenters. The molecule has 0 fully saturated rings. The van der Waals surface area contributed by atoms with Crippen molar-refractivity contribution in [2.24, 2.45) is 5.92 Å². The van der Waals surface area contributed by atoms with Gasteiger partial charge in [0.1, 0.15) is 0 Å². The fraction of sp³-hybridized carbons (Fsp3) is 0.667. The van der Waals surface area contributed by atoms with Gasteiger partial charge in [-0.2, -0.15) is 0 Å². The lowest BCUT2D eigenvalue weighted by Gasteiger charge is -2.06. The normalized spacial score (nSPS) is 14.1. The summed E-state index contributed by atoms with van der Waals surface area (Å²) < 4.78 is 12.0. The summed E-state index contributed by atoms with van der Waals surface area (Å²) in [6.45, 7) is 7.16. The summed E-state index contributed by atoms with van der Waals surface area (Å²) in [6, 6.07) is 0. The molecule has 0 saturated carbocycles. The molecule has 2 heteroatoms. The summed E-state index contributed by atoms with van der Waals surface area (Å²) in [5.41, 5.74) is -0.929. The maximum absolute atomic E-state index is 12.0. The summed E-state index contributed by atoms with van der Waals surface area (Å²) in [7, 11) is 0. The average Bonchev–Trinajstić information content (AvgIpc) is 1.64. The van der Waals surface area contributed by atoms with Crippen LogP contribution in [0, 0.1) is 5.92 Å². The Labute approximate surface area is 54.3 Å². The van der Waals surface area contributed by atoms with Crippen molar-refractivity contribution in [1.29, 1.82) is 0 Å². The molecule has 0 aliphatic heterocycles. The molecule has 0 radical (unpaired) electrons. The topological polar surface area (TPSA) is 0 Å². The smallest absolute Gasteiger partial charge is 0.194 e. The largest absolute Gasteiger partial charge is 0.225 e. The number of hydrogen-bond donors (Lipinski definition) is 0. The molecule has 48 valence electrons. The standard InChI is InChI=1S/C6H10ClF/c1-4(2)5(3)6(7)8/h4,6H,3H2,1-2H3. The monoisotopic (exact) mass is 136 g/mol. The van der Waals surface area contributed by atoms with Gasteiger partial charge in [0.2, 0.25) is 0 Å². The summed E-state index contributed by atoms with van der Waals surface area (Å²) in [5.74, 6) is 0.141. The first-order valence-electron chi connectivity index (χ1n) is 2.52. The summed E-state index contributed by atoms with van der Waals surface area (Å²) in [4.78, 5) is 0. The van der Waals surface area contributed by atoms with Gasteiger partial charge >= 0.3 is 0 Å². The Kier molecular flexibility index (Phi) is 3.06. The van der Waals surface area contributed by atoms with Crippen molar-refractivity contribution in [2.45, 2.75) is 19.5 Å². The molecule has 0 saturated heterocycles. The van der Waals surface area contributed by atoms with E-state index in [4.69, 9.17) is 11.6 Å². The molecule has 0 aromatic carbocycles. The summed E-state index contributed by atoms with van der Waals surface area (Å²) in [5, 5.41) is 0. The molecule has 0 aliphatic rings. The van der Waals surface area contributed by atoms with E-state index in [1.54, 1.807) is 0 Å². The Morgan fingerprint density at radius 2 is 2.00 bits per heavy atom. The van der Waals surface area contributed by atoms with E-state index in [2.05, 4.69) is 6.58 Å². The van der Waals surface area contributed by atoms with Gasteiger partial charge in [-0.25, -0.2) is 4.39 Å². The van der Waals surface area contributed by atoms with Crippen LogP contribution in [0.2, 0.25) is 0 Å². The fourth-order valence-corrected chi connectivity index (χ4v) is 0.504. The number of halogens is 2. The molecule has 0 bridgehead atoms. The van der Waals surface area contributed by atoms with Crippen molar-refractivity contribution in [3.8, 4) is 0 Å². The molecule has 0 amide bonds. The van der Waals surface area contributed by atoms with Gasteiger partial charge in [0.25, 0.3) is 0 Å². The zero-order chi connectivity index (χ0) is 6.73. The predicted octanol–water partition coefficient (Wildman–Crippen LogP) is 2.73. The average molecular weight is 137 g/mol. The van der Waals surface area contributed by atoms with Crippen LogP contribution in [0.4, 0.5) is 4.39 Å². The number of alkyl halides is 2. The highest BCUT2D eigenvalue weighted by Crippen LogP contribution is 2.16. The predicted molar refractivity (Wildman–Crippen MR) is 34.7 cm³/mol. The number of rotatable bonds is 2. The highest BCUT2D eigenvalue weighted by Gasteiger charge is 2.08. The van der Waals surface area contributed by atoms with Gasteiger partial charge in [-0.15, -0.1) is 0 Å². The van der Waals surface area contributed by atoms with Crippen molar-refractivity contribution in [3.63, 3.8) is 0 Å². The van der Waals surface area contributed by atoms with E-state index in [-0.39, 0.29) is 5.92 Å². The van der Waals surface area contributed by atoms with Crippen LogP contribution in [0.1, 0.15) is 13.8 Å². The first kappa shape index (κ1) is 7.96. The third-order valence-electron chi connectivity index (χ3n) is 1.02. The lowest BCUT2D eigenvalue weighted by molar-refractivity contribution is 0.463. The van der Waals surface area contributed by atoms with Crippen molar-refractivity contribution in [3.05, 3.63) is 12.2 Å². The van der Waals surface area contributed by atoms with Gasteiger partial charge < -0.3 is 0 Å². The minimum atomic E-state index is -1.38. The second-order valence-electron chi connectivity index (χ2n) is 2.03. The zero-order valence-electron chi connectivity index (χ0n) is 5.12. The van der Waals surface area contributed by atoms with Gasteiger partial charge in [0, 0.05) is 0 Å². The summed E-state index contributed by atoms with van der Waals surface area (Å²) >= 11 is 5.06. The Balaban J connectivity index is 3.65. The molecule has 0 aliphatic carbocycles. The molecule has 0 heterocycles. The molecule has 0 aromatic rings. The Morgan fingerprint density at radius 3 is 2.00 bits per heavy atom. The van der Waals surface area contributed by atoms with E-state index in [1.807, 2.05) is 13.8 Å². The van der Waals surface area contributed by atoms with E-state index < -0.39 is 5.63 Å². The molecular formula is C6H10ClF. The number of allylic oxidation sites excluding steroid dienone is 1. The highest BCUT2D eigenvalue weighted by molar-refractivity contribution is 6.21. The third kappa shape index (κ3) is 2.31. The van der Waals surface area contributed by atoms with Gasteiger partial charge in [-0.05, 0) is 11.5 Å². The second-order valence-corrected chi connectivity index (χ2v) is 2.41. The van der Waals surface area contributed by atoms with E-state index in [9.17, 15) is 4.39 Å². The lowest BCUT2D eigenvalue weighted by Crippen LogP contribution is -2.00. The van der Waals surface area contributed by atoms with E-state index in [1.165, 1.54) is 0 Å². The first-order chi connectivity index (χ1) is 3.55. The third-order valence-corrected chi connectivity index (χ3v) is 1.30. The van der Waals surface area contributed by atoms with Crippen LogP contribution in [0.15, 0.2) is 12.2 Å². The van der Waals surface area contributed by atoms with Crippen LogP contribution >= 0.6 is 11.6 Å². The van der Waals surface area contributed by atoms with Crippen molar-refractivity contribution in [1.82, 2.24) is 0 Å². The Hall–Kier alpha value is -0.0400. The fourth-order valence-electron chi connectivity index (χ4n) is 0.252. The van der Waals surface area contributed by atoms with Crippen molar-refractivity contribution in [2.75, 3.05) is 0 Å². The van der Waals surface area contributed by atoms with E-state index in [0.717, 1.165) is 0 Å². The molecule has 1 unspecified atom stereocenters. The van der Waals surface area contributed by atoms with Crippen LogP contribution in [0.5, 0.6) is 0 Å². The first-order valence-corrected chi connectivity index (χ1v) is 2.96. The van der Waals surface area contributed by atoms with Crippen LogP contribution in [0.25, 0.3) is 0 Å². The van der Waals surface area contributed by atoms with Crippen molar-refractivity contribution >= 4 is 11.6 Å². The minimum absolute atomic E-state index is 0.141. The van der Waals surface area contributed by atoms with Gasteiger partial charge in [0.05, 0.1) is 0 Å². The summed E-state index contributed by atoms with van der Waals surface area (Å²) in [6.07, 6.45) is 0. The van der Waals surface area contributed by atoms with E-state index in [0.29, 0.717) is 5.57 Å². The quantitative estimate of drug-likeness (QED) is 0.405. The minimum Gasteiger partial charge on any atom is -0.225 e. The van der Waals surface area contributed by atoms with E-state index >= 15 is 0 Å². The Bertz CT molecular complexity index is 76.5. The molecule has 8 heavy (non-hydrogen) atoms.